The van der Waals surface area contributed by atoms with E-state index in [9.17, 15) is 4.79 Å². The van der Waals surface area contributed by atoms with Crippen molar-refractivity contribution in [3.63, 3.8) is 0 Å². The highest BCUT2D eigenvalue weighted by molar-refractivity contribution is 5.75. The highest BCUT2D eigenvalue weighted by Gasteiger charge is 2.07. The van der Waals surface area contributed by atoms with Crippen molar-refractivity contribution < 1.29 is 9.53 Å². The van der Waals surface area contributed by atoms with Gasteiger partial charge in [-0.3, -0.25) is 4.79 Å². The quantitative estimate of drug-likeness (QED) is 0.597. The minimum Gasteiger partial charge on any atom is -0.383 e. The average Bonchev–Trinajstić information content (AvgIpc) is 2.31. The number of methoxy groups -OCH3 is 1. The molecule has 0 radical (unpaired) electrons. The topological polar surface area (TPSA) is 56.6 Å². The number of rotatable bonds is 9. The van der Waals surface area contributed by atoms with Gasteiger partial charge in [0.2, 0.25) is 5.91 Å². The van der Waals surface area contributed by atoms with Crippen LogP contribution in [0.2, 0.25) is 0 Å². The van der Waals surface area contributed by atoms with Gasteiger partial charge in [-0.05, 0) is 13.0 Å². The van der Waals surface area contributed by atoms with E-state index in [-0.39, 0.29) is 5.91 Å². The third kappa shape index (κ3) is 8.66. The lowest BCUT2D eigenvalue weighted by atomic mass is 10.2. The van der Waals surface area contributed by atoms with Crippen molar-refractivity contribution in [2.75, 3.05) is 47.4 Å². The lowest BCUT2D eigenvalue weighted by Crippen LogP contribution is -2.30. The molecule has 0 aliphatic carbocycles. The molecule has 0 atom stereocenters. The van der Waals surface area contributed by atoms with Crippen molar-refractivity contribution in [2.24, 2.45) is 0 Å². The van der Waals surface area contributed by atoms with E-state index in [1.165, 1.54) is 0 Å². The van der Waals surface area contributed by atoms with E-state index in [4.69, 9.17) is 10.00 Å². The summed E-state index contributed by atoms with van der Waals surface area (Å²) in [5, 5.41) is 8.56. The predicted octanol–water partition coefficient (Wildman–Crippen LogP) is 0.717. The first-order chi connectivity index (χ1) is 8.11. The lowest BCUT2D eigenvalue weighted by molar-refractivity contribution is -0.128. The molecule has 1 amide bonds. The molecule has 0 saturated heterocycles. The molecule has 0 heterocycles. The number of nitrogens with zero attached hydrogens (tertiary/aromatic N) is 3. The Bertz CT molecular complexity index is 249. The molecule has 0 saturated carbocycles. The summed E-state index contributed by atoms with van der Waals surface area (Å²) in [5.41, 5.74) is 0. The van der Waals surface area contributed by atoms with Gasteiger partial charge < -0.3 is 14.5 Å². The van der Waals surface area contributed by atoms with Crippen molar-refractivity contribution in [1.82, 2.24) is 9.80 Å². The van der Waals surface area contributed by atoms with Crippen LogP contribution in [0.1, 0.15) is 19.3 Å². The third-order valence-electron chi connectivity index (χ3n) is 2.52. The molecule has 0 aromatic carbocycles. The Kier molecular flexibility index (Phi) is 9.40. The second kappa shape index (κ2) is 10.1. The molecule has 5 heteroatoms. The largest absolute Gasteiger partial charge is 0.383 e. The molecule has 0 fully saturated rings. The zero-order valence-electron chi connectivity index (χ0n) is 11.1. The molecule has 0 bridgehead atoms. The Labute approximate surface area is 104 Å². The first-order valence-electron chi connectivity index (χ1n) is 5.90. The molecule has 0 aromatic heterocycles. The number of carbonyl (C=O) groups is 1. The van der Waals surface area contributed by atoms with Gasteiger partial charge in [0, 0.05) is 47.1 Å². The van der Waals surface area contributed by atoms with Gasteiger partial charge in [-0.15, -0.1) is 0 Å². The zero-order chi connectivity index (χ0) is 13.1. The molecule has 0 aliphatic heterocycles. The molecule has 0 aliphatic rings. The van der Waals surface area contributed by atoms with Crippen molar-refractivity contribution in [3.05, 3.63) is 0 Å². The summed E-state index contributed by atoms with van der Waals surface area (Å²) in [5.74, 6) is 0.150. The lowest BCUT2D eigenvalue weighted by Gasteiger charge is -2.20. The van der Waals surface area contributed by atoms with Crippen molar-refractivity contribution in [1.29, 1.82) is 5.26 Å². The number of carbonyl (C=O) groups excluding carboxylic acids is 1. The Balaban J connectivity index is 3.82. The summed E-state index contributed by atoms with van der Waals surface area (Å²) in [4.78, 5) is 15.2. The van der Waals surface area contributed by atoms with Gasteiger partial charge in [-0.1, -0.05) is 0 Å². The molecule has 5 nitrogen and oxygen atoms in total. The molecule has 0 spiro atoms. The minimum atomic E-state index is 0.150. The summed E-state index contributed by atoms with van der Waals surface area (Å²) < 4.78 is 5.02. The van der Waals surface area contributed by atoms with Crippen LogP contribution in [0, 0.1) is 11.3 Å². The van der Waals surface area contributed by atoms with Crippen molar-refractivity contribution >= 4 is 5.91 Å². The van der Waals surface area contributed by atoms with Crippen LogP contribution in [0.4, 0.5) is 0 Å². The van der Waals surface area contributed by atoms with E-state index < -0.39 is 0 Å². The van der Waals surface area contributed by atoms with Crippen LogP contribution in [0.15, 0.2) is 0 Å². The van der Waals surface area contributed by atoms with Gasteiger partial charge in [0.05, 0.1) is 12.7 Å². The van der Waals surface area contributed by atoms with E-state index in [0.29, 0.717) is 19.4 Å². The van der Waals surface area contributed by atoms with Gasteiger partial charge in [-0.2, -0.15) is 5.26 Å². The third-order valence-corrected chi connectivity index (χ3v) is 2.52. The van der Waals surface area contributed by atoms with E-state index >= 15 is 0 Å². The van der Waals surface area contributed by atoms with E-state index in [0.717, 1.165) is 26.1 Å². The maximum absolute atomic E-state index is 11.4. The Morgan fingerprint density at radius 3 is 2.53 bits per heavy atom. The minimum absolute atomic E-state index is 0.150. The van der Waals surface area contributed by atoms with Crippen LogP contribution in [0.3, 0.4) is 0 Å². The Hall–Kier alpha value is -1.12. The van der Waals surface area contributed by atoms with Gasteiger partial charge in [0.25, 0.3) is 0 Å². The molecule has 98 valence electrons. The highest BCUT2D eigenvalue weighted by Crippen LogP contribution is 1.99. The zero-order valence-corrected chi connectivity index (χ0v) is 11.1. The average molecular weight is 241 g/mol. The molecule has 17 heavy (non-hydrogen) atoms. The second-order valence-electron chi connectivity index (χ2n) is 4.13. The van der Waals surface area contributed by atoms with Gasteiger partial charge in [-0.25, -0.2) is 0 Å². The summed E-state index contributed by atoms with van der Waals surface area (Å²) in [6.45, 7) is 3.06. The summed E-state index contributed by atoms with van der Waals surface area (Å²) >= 11 is 0. The first-order valence-corrected chi connectivity index (χ1v) is 5.90. The monoisotopic (exact) mass is 241 g/mol. The van der Waals surface area contributed by atoms with Crippen molar-refractivity contribution in [2.45, 2.75) is 19.3 Å². The number of ether oxygens (including phenoxy) is 1. The Morgan fingerprint density at radius 2 is 2.00 bits per heavy atom. The fourth-order valence-corrected chi connectivity index (χ4v) is 1.44. The maximum atomic E-state index is 11.4. The molecular formula is C12H23N3O2. The predicted molar refractivity (Wildman–Crippen MR) is 66.5 cm³/mol. The molecule has 0 aromatic rings. The fraction of sp³-hybridized carbons (Fsp3) is 0.833. The summed E-state index contributed by atoms with van der Waals surface area (Å²) in [6, 6.07) is 2.13. The Morgan fingerprint density at radius 1 is 1.29 bits per heavy atom. The van der Waals surface area contributed by atoms with E-state index in [1.54, 1.807) is 26.1 Å². The number of hydrogen-bond donors (Lipinski definition) is 0. The molecule has 0 rings (SSSR count). The maximum Gasteiger partial charge on any atom is 0.222 e. The van der Waals surface area contributed by atoms with E-state index in [2.05, 4.69) is 11.0 Å². The van der Waals surface area contributed by atoms with Crippen LogP contribution >= 0.6 is 0 Å². The van der Waals surface area contributed by atoms with Crippen molar-refractivity contribution in [3.8, 4) is 6.07 Å². The highest BCUT2D eigenvalue weighted by atomic mass is 16.5. The molecule has 0 unspecified atom stereocenters. The smallest absolute Gasteiger partial charge is 0.222 e. The van der Waals surface area contributed by atoms with Gasteiger partial charge in [0.1, 0.15) is 0 Å². The molecule has 0 N–H and O–H groups in total. The van der Waals surface area contributed by atoms with Crippen LogP contribution in [-0.4, -0.2) is 63.2 Å². The normalized spacial score (nSPS) is 10.3. The summed E-state index contributed by atoms with van der Waals surface area (Å²) in [7, 11) is 5.19. The number of amides is 1. The van der Waals surface area contributed by atoms with Gasteiger partial charge >= 0.3 is 0 Å². The second-order valence-corrected chi connectivity index (χ2v) is 4.13. The SMILES string of the molecule is COCCN(CCC#N)CCCC(=O)N(C)C. The number of nitriles is 1. The molecular weight excluding hydrogens is 218 g/mol. The van der Waals surface area contributed by atoms with E-state index in [1.807, 2.05) is 0 Å². The fourth-order valence-electron chi connectivity index (χ4n) is 1.44. The standard InChI is InChI=1S/C12H23N3O2/c1-14(2)12(16)6-4-8-15(9-5-7-13)10-11-17-3/h4-6,8-11H2,1-3H3. The first kappa shape index (κ1) is 15.9. The summed E-state index contributed by atoms with van der Waals surface area (Å²) in [6.07, 6.45) is 1.90. The van der Waals surface area contributed by atoms with Crippen LogP contribution < -0.4 is 0 Å². The van der Waals surface area contributed by atoms with Crippen LogP contribution in [0.25, 0.3) is 0 Å². The van der Waals surface area contributed by atoms with Crippen LogP contribution in [-0.2, 0) is 9.53 Å². The van der Waals surface area contributed by atoms with Crippen LogP contribution in [0.5, 0.6) is 0 Å². The number of hydrogen-bond acceptors (Lipinski definition) is 4. The van der Waals surface area contributed by atoms with Gasteiger partial charge in [0.15, 0.2) is 0 Å².